The number of hydrogen-bond donors (Lipinski definition) is 2. The van der Waals surface area contributed by atoms with E-state index >= 15 is 0 Å². The summed E-state index contributed by atoms with van der Waals surface area (Å²) in [5.41, 5.74) is 5.71. The van der Waals surface area contributed by atoms with Gasteiger partial charge in [0.25, 0.3) is 0 Å². The normalized spacial score (nSPS) is 11.5. The van der Waals surface area contributed by atoms with Crippen molar-refractivity contribution in [2.24, 2.45) is 5.73 Å². The van der Waals surface area contributed by atoms with Crippen molar-refractivity contribution >= 4 is 17.0 Å². The minimum atomic E-state index is -1.97. The van der Waals surface area contributed by atoms with E-state index in [1.807, 2.05) is 0 Å². The summed E-state index contributed by atoms with van der Waals surface area (Å²) in [7, 11) is 0. The zero-order valence-electron chi connectivity index (χ0n) is 8.77. The van der Waals surface area contributed by atoms with Crippen LogP contribution >= 0.6 is 0 Å². The van der Waals surface area contributed by atoms with E-state index in [-0.39, 0.29) is 37.4 Å². The molecule has 4 nitrogen and oxygen atoms in total. The molecule has 0 fully saturated rings. The maximum absolute atomic E-state index is 10.6. The second-order valence-corrected chi connectivity index (χ2v) is 3.51. The summed E-state index contributed by atoms with van der Waals surface area (Å²) in [6.45, 7) is 0. The third-order valence-corrected chi connectivity index (χ3v) is 2.18. The van der Waals surface area contributed by atoms with Crippen molar-refractivity contribution in [2.75, 3.05) is 0 Å². The summed E-state index contributed by atoms with van der Waals surface area (Å²) in [4.78, 5) is 10.8. The van der Waals surface area contributed by atoms with Crippen molar-refractivity contribution < 1.29 is 44.5 Å². The Morgan fingerprint density at radius 1 is 1.43 bits per heavy atom. The van der Waals surface area contributed by atoms with Gasteiger partial charge in [0, 0.05) is 0 Å². The second-order valence-electron chi connectivity index (χ2n) is 2.54. The van der Waals surface area contributed by atoms with Crippen molar-refractivity contribution in [3.8, 4) is 0 Å². The molecule has 3 N–H and O–H groups in total. The summed E-state index contributed by atoms with van der Waals surface area (Å²) in [6.07, 6.45) is 0.151. The SMILES string of the molecule is NC(=O)Cc1ccc(S(=O)O)cc1.[H-].[Na+]. The van der Waals surface area contributed by atoms with Gasteiger partial charge in [-0.25, -0.2) is 4.21 Å². The number of carbonyl (C=O) groups excluding carboxylic acids is 1. The first kappa shape index (κ1) is 13.8. The molecule has 14 heavy (non-hydrogen) atoms. The van der Waals surface area contributed by atoms with Gasteiger partial charge >= 0.3 is 29.6 Å². The molecule has 6 heteroatoms. The smallest absolute Gasteiger partial charge is 1.00 e. The van der Waals surface area contributed by atoms with Gasteiger partial charge in [-0.1, -0.05) is 12.1 Å². The Hall–Kier alpha value is -0.200. The Balaban J connectivity index is 0. The van der Waals surface area contributed by atoms with Crippen LogP contribution in [0.5, 0.6) is 0 Å². The van der Waals surface area contributed by atoms with Crippen molar-refractivity contribution in [3.63, 3.8) is 0 Å². The zero-order chi connectivity index (χ0) is 9.84. The summed E-state index contributed by atoms with van der Waals surface area (Å²) in [5.74, 6) is -0.419. The van der Waals surface area contributed by atoms with Gasteiger partial charge in [0.1, 0.15) is 0 Å². The predicted octanol–water partition coefficient (Wildman–Crippen LogP) is -2.59. The van der Waals surface area contributed by atoms with Crippen LogP contribution in [0.2, 0.25) is 0 Å². The molecule has 1 unspecified atom stereocenters. The summed E-state index contributed by atoms with van der Waals surface area (Å²) < 4.78 is 19.2. The van der Waals surface area contributed by atoms with Crippen molar-refractivity contribution in [2.45, 2.75) is 11.3 Å². The first-order valence-corrected chi connectivity index (χ1v) is 4.68. The molecule has 0 radical (unpaired) electrons. The fraction of sp³-hybridized carbons (Fsp3) is 0.125. The van der Waals surface area contributed by atoms with Crippen molar-refractivity contribution in [1.82, 2.24) is 0 Å². The van der Waals surface area contributed by atoms with E-state index in [1.54, 1.807) is 12.1 Å². The van der Waals surface area contributed by atoms with Gasteiger partial charge in [0.15, 0.2) is 11.1 Å². The van der Waals surface area contributed by atoms with Gasteiger partial charge in [0.2, 0.25) is 5.91 Å². The fourth-order valence-corrected chi connectivity index (χ4v) is 1.29. The Bertz CT molecular complexity index is 344. The van der Waals surface area contributed by atoms with Crippen LogP contribution in [0.25, 0.3) is 0 Å². The number of amides is 1. The van der Waals surface area contributed by atoms with Crippen molar-refractivity contribution in [3.05, 3.63) is 29.8 Å². The summed E-state index contributed by atoms with van der Waals surface area (Å²) in [6, 6.07) is 6.20. The molecule has 1 atom stereocenters. The van der Waals surface area contributed by atoms with Crippen LogP contribution in [0.4, 0.5) is 0 Å². The van der Waals surface area contributed by atoms with Gasteiger partial charge in [-0.05, 0) is 17.7 Å². The van der Waals surface area contributed by atoms with Crippen LogP contribution in [0.15, 0.2) is 29.2 Å². The standard InChI is InChI=1S/C8H9NO3S.Na.H/c9-8(10)5-6-1-3-7(4-2-6)13(11)12;;/h1-4H,5H2,(H2,9,10)(H,11,12);;/q;+1;-1. The molecule has 1 rings (SSSR count). The molecule has 0 spiro atoms. The molecule has 0 bridgehead atoms. The zero-order valence-corrected chi connectivity index (χ0v) is 10.6. The molecular formula is C8H10NNaO3S. The van der Waals surface area contributed by atoms with Crippen LogP contribution in [-0.2, 0) is 22.3 Å². The molecule has 0 aliphatic carbocycles. The maximum Gasteiger partial charge on any atom is 1.00 e. The fourth-order valence-electron chi connectivity index (χ4n) is 0.925. The topological polar surface area (TPSA) is 80.4 Å². The number of benzene rings is 1. The molecule has 0 heterocycles. The molecule has 1 aromatic rings. The molecular weight excluding hydrogens is 213 g/mol. The number of nitrogens with two attached hydrogens (primary N) is 1. The molecule has 1 aromatic carbocycles. The number of carbonyl (C=O) groups is 1. The minimum absolute atomic E-state index is 0. The molecule has 0 aromatic heterocycles. The average Bonchev–Trinajstić information content (AvgIpc) is 2.04. The van der Waals surface area contributed by atoms with E-state index in [1.165, 1.54) is 12.1 Å². The number of hydrogen-bond acceptors (Lipinski definition) is 2. The van der Waals surface area contributed by atoms with Crippen molar-refractivity contribution in [1.29, 1.82) is 0 Å². The molecule has 0 saturated heterocycles. The van der Waals surface area contributed by atoms with Gasteiger partial charge in [-0.2, -0.15) is 0 Å². The van der Waals surface area contributed by atoms with E-state index in [2.05, 4.69) is 0 Å². The van der Waals surface area contributed by atoms with Crippen LogP contribution in [0.1, 0.15) is 6.99 Å². The van der Waals surface area contributed by atoms with Crippen LogP contribution in [0.3, 0.4) is 0 Å². The molecule has 0 saturated carbocycles. The Morgan fingerprint density at radius 3 is 2.29 bits per heavy atom. The van der Waals surface area contributed by atoms with Gasteiger partial charge < -0.3 is 11.7 Å². The Morgan fingerprint density at radius 2 is 1.93 bits per heavy atom. The molecule has 72 valence electrons. The van der Waals surface area contributed by atoms with Crippen LogP contribution in [0, 0.1) is 0 Å². The quantitative estimate of drug-likeness (QED) is 0.436. The summed E-state index contributed by atoms with van der Waals surface area (Å²) in [5, 5.41) is 0. The number of rotatable bonds is 3. The minimum Gasteiger partial charge on any atom is -1.00 e. The van der Waals surface area contributed by atoms with Crippen LogP contribution in [-0.4, -0.2) is 14.7 Å². The Kier molecular flexibility index (Phi) is 6.22. The first-order chi connectivity index (χ1) is 6.09. The average molecular weight is 223 g/mol. The first-order valence-electron chi connectivity index (χ1n) is 3.57. The van der Waals surface area contributed by atoms with E-state index < -0.39 is 17.0 Å². The largest absolute Gasteiger partial charge is 1.00 e. The van der Waals surface area contributed by atoms with Gasteiger partial charge in [0.05, 0.1) is 11.3 Å². The van der Waals surface area contributed by atoms with Gasteiger partial charge in [-0.15, -0.1) is 0 Å². The summed E-state index contributed by atoms with van der Waals surface area (Å²) >= 11 is -1.97. The molecule has 0 aliphatic rings. The second kappa shape index (κ2) is 6.31. The van der Waals surface area contributed by atoms with Gasteiger partial charge in [-0.3, -0.25) is 4.79 Å². The molecule has 1 amide bonds. The van der Waals surface area contributed by atoms with Crippen LogP contribution < -0.4 is 35.3 Å². The molecule has 0 aliphatic heterocycles. The van der Waals surface area contributed by atoms with E-state index in [4.69, 9.17) is 10.3 Å². The third-order valence-electron chi connectivity index (χ3n) is 1.50. The van der Waals surface area contributed by atoms with E-state index in [9.17, 15) is 9.00 Å². The third kappa shape index (κ3) is 4.34. The predicted molar refractivity (Wildman–Crippen MR) is 49.5 cm³/mol. The maximum atomic E-state index is 10.6. The monoisotopic (exact) mass is 223 g/mol. The van der Waals surface area contributed by atoms with E-state index in [0.29, 0.717) is 4.90 Å². The van der Waals surface area contributed by atoms with E-state index in [0.717, 1.165) is 5.56 Å². The Labute approximate surface area is 108 Å². The number of primary amides is 1.